The first-order valence-corrected chi connectivity index (χ1v) is 8.22. The van der Waals surface area contributed by atoms with E-state index in [9.17, 15) is 4.79 Å². The van der Waals surface area contributed by atoms with Crippen LogP contribution in [0.15, 0.2) is 61.1 Å². The number of aromatic nitrogens is 2. The third kappa shape index (κ3) is 4.92. The maximum Gasteiger partial charge on any atom is 0.251 e. The van der Waals surface area contributed by atoms with Crippen LogP contribution in [0.5, 0.6) is 0 Å². The largest absolute Gasteiger partial charge is 0.348 e. The first kappa shape index (κ1) is 17.2. The molecule has 0 radical (unpaired) electrons. The number of nitrogens with zero attached hydrogens (tertiary/aromatic N) is 2. The monoisotopic (exact) mass is 372 g/mol. The van der Waals surface area contributed by atoms with Crippen LogP contribution in [-0.4, -0.2) is 15.9 Å². The summed E-state index contributed by atoms with van der Waals surface area (Å²) in [6, 6.07) is 12.1. The fourth-order valence-corrected chi connectivity index (χ4v) is 2.73. The molecular formula is C18H14Cl2N4O. The van der Waals surface area contributed by atoms with Crippen LogP contribution in [0.1, 0.15) is 15.9 Å². The minimum atomic E-state index is -0.196. The molecule has 0 bridgehead atoms. The van der Waals surface area contributed by atoms with Crippen molar-refractivity contribution in [3.05, 3.63) is 82.2 Å². The number of nitrogens with one attached hydrogen (secondary N) is 2. The van der Waals surface area contributed by atoms with E-state index in [-0.39, 0.29) is 5.91 Å². The Morgan fingerprint density at radius 3 is 2.56 bits per heavy atom. The first-order chi connectivity index (χ1) is 12.1. The van der Waals surface area contributed by atoms with Crippen LogP contribution in [0.25, 0.3) is 0 Å². The summed E-state index contributed by atoms with van der Waals surface area (Å²) in [4.78, 5) is 20.5. The van der Waals surface area contributed by atoms with Crippen LogP contribution >= 0.6 is 23.2 Å². The molecule has 3 rings (SSSR count). The van der Waals surface area contributed by atoms with Crippen molar-refractivity contribution in [2.45, 2.75) is 6.54 Å². The van der Waals surface area contributed by atoms with Crippen LogP contribution in [0.4, 0.5) is 11.5 Å². The van der Waals surface area contributed by atoms with Gasteiger partial charge in [0.1, 0.15) is 5.82 Å². The zero-order chi connectivity index (χ0) is 17.6. The number of benzene rings is 1. The van der Waals surface area contributed by atoms with Crippen molar-refractivity contribution in [1.82, 2.24) is 15.3 Å². The lowest BCUT2D eigenvalue weighted by atomic mass is 10.2. The normalized spacial score (nSPS) is 10.3. The van der Waals surface area contributed by atoms with Gasteiger partial charge < -0.3 is 10.6 Å². The molecule has 7 heteroatoms. The molecule has 0 spiro atoms. The maximum absolute atomic E-state index is 12.3. The number of anilines is 2. The van der Waals surface area contributed by atoms with Crippen LogP contribution in [0.2, 0.25) is 10.0 Å². The van der Waals surface area contributed by atoms with Gasteiger partial charge in [-0.15, -0.1) is 0 Å². The van der Waals surface area contributed by atoms with Gasteiger partial charge in [-0.05, 0) is 42.0 Å². The Morgan fingerprint density at radius 1 is 1.04 bits per heavy atom. The average Bonchev–Trinajstić information content (AvgIpc) is 2.60. The highest BCUT2D eigenvalue weighted by atomic mass is 35.5. The lowest BCUT2D eigenvalue weighted by molar-refractivity contribution is 0.0951. The molecule has 0 fully saturated rings. The fourth-order valence-electron chi connectivity index (χ4n) is 2.20. The summed E-state index contributed by atoms with van der Waals surface area (Å²) in [6.45, 7) is 0.404. The van der Waals surface area contributed by atoms with Gasteiger partial charge in [0.25, 0.3) is 5.91 Å². The highest BCUT2D eigenvalue weighted by Gasteiger charge is 2.08. The molecule has 0 aliphatic rings. The lowest BCUT2D eigenvalue weighted by Crippen LogP contribution is -2.23. The predicted molar refractivity (Wildman–Crippen MR) is 99.4 cm³/mol. The van der Waals surface area contributed by atoms with Crippen molar-refractivity contribution in [2.24, 2.45) is 0 Å². The van der Waals surface area contributed by atoms with Crippen LogP contribution in [0.3, 0.4) is 0 Å². The molecule has 3 aromatic rings. The summed E-state index contributed by atoms with van der Waals surface area (Å²) < 4.78 is 0. The number of rotatable bonds is 5. The molecule has 0 aliphatic carbocycles. The van der Waals surface area contributed by atoms with E-state index in [0.29, 0.717) is 33.7 Å². The van der Waals surface area contributed by atoms with E-state index in [1.54, 1.807) is 48.9 Å². The summed E-state index contributed by atoms with van der Waals surface area (Å²) in [5.74, 6) is 0.325. The number of pyridine rings is 2. The summed E-state index contributed by atoms with van der Waals surface area (Å²) in [5, 5.41) is 6.96. The van der Waals surface area contributed by atoms with E-state index in [4.69, 9.17) is 23.2 Å². The second-order valence-electron chi connectivity index (χ2n) is 5.26. The molecule has 126 valence electrons. The van der Waals surface area contributed by atoms with E-state index in [2.05, 4.69) is 20.6 Å². The molecule has 1 amide bonds. The molecule has 25 heavy (non-hydrogen) atoms. The minimum absolute atomic E-state index is 0.196. The summed E-state index contributed by atoms with van der Waals surface area (Å²) >= 11 is 12.0. The molecule has 0 saturated carbocycles. The fraction of sp³-hybridized carbons (Fsp3) is 0.0556. The van der Waals surface area contributed by atoms with Gasteiger partial charge in [0.2, 0.25) is 0 Å². The number of amides is 1. The summed E-state index contributed by atoms with van der Waals surface area (Å²) in [7, 11) is 0. The number of hydrogen-bond donors (Lipinski definition) is 2. The van der Waals surface area contributed by atoms with E-state index < -0.39 is 0 Å². The zero-order valence-electron chi connectivity index (χ0n) is 13.0. The van der Waals surface area contributed by atoms with E-state index in [1.807, 2.05) is 12.1 Å². The van der Waals surface area contributed by atoms with Gasteiger partial charge in [-0.1, -0.05) is 29.3 Å². The van der Waals surface area contributed by atoms with Crippen molar-refractivity contribution < 1.29 is 4.79 Å². The Hall–Kier alpha value is -2.63. The quantitative estimate of drug-likeness (QED) is 0.693. The van der Waals surface area contributed by atoms with Crippen LogP contribution in [0, 0.1) is 0 Å². The van der Waals surface area contributed by atoms with Crippen molar-refractivity contribution >= 4 is 40.6 Å². The zero-order valence-corrected chi connectivity index (χ0v) is 14.6. The lowest BCUT2D eigenvalue weighted by Gasteiger charge is -2.09. The van der Waals surface area contributed by atoms with Gasteiger partial charge in [0.05, 0.1) is 0 Å². The highest BCUT2D eigenvalue weighted by molar-refractivity contribution is 6.35. The molecule has 0 unspecified atom stereocenters. The van der Waals surface area contributed by atoms with Gasteiger partial charge >= 0.3 is 0 Å². The average molecular weight is 373 g/mol. The number of carbonyl (C=O) groups is 1. The third-order valence-corrected chi connectivity index (χ3v) is 3.77. The number of hydrogen-bond acceptors (Lipinski definition) is 4. The number of carbonyl (C=O) groups excluding carboxylic acids is 1. The van der Waals surface area contributed by atoms with E-state index >= 15 is 0 Å². The molecule has 2 heterocycles. The third-order valence-electron chi connectivity index (χ3n) is 3.33. The molecule has 5 nitrogen and oxygen atoms in total. The molecule has 2 N–H and O–H groups in total. The maximum atomic E-state index is 12.3. The van der Waals surface area contributed by atoms with Gasteiger partial charge in [0.15, 0.2) is 0 Å². The molecule has 1 aromatic carbocycles. The minimum Gasteiger partial charge on any atom is -0.348 e. The molecular weight excluding hydrogens is 359 g/mol. The SMILES string of the molecule is O=C(NCc1cccnc1)c1ccnc(Nc2cc(Cl)cc(Cl)c2)c1. The first-order valence-electron chi connectivity index (χ1n) is 7.46. The highest BCUT2D eigenvalue weighted by Crippen LogP contribution is 2.24. The summed E-state index contributed by atoms with van der Waals surface area (Å²) in [5.41, 5.74) is 2.12. The Balaban J connectivity index is 1.69. The second-order valence-corrected chi connectivity index (χ2v) is 6.13. The van der Waals surface area contributed by atoms with Gasteiger partial charge in [-0.2, -0.15) is 0 Å². The van der Waals surface area contributed by atoms with Gasteiger partial charge in [-0.3, -0.25) is 9.78 Å². The van der Waals surface area contributed by atoms with E-state index in [1.165, 1.54) is 0 Å². The molecule has 2 aromatic heterocycles. The second kappa shape index (κ2) is 7.96. The Kier molecular flexibility index (Phi) is 5.48. The van der Waals surface area contributed by atoms with Gasteiger partial charge in [0, 0.05) is 46.4 Å². The number of halogens is 2. The Bertz CT molecular complexity index is 867. The van der Waals surface area contributed by atoms with Crippen molar-refractivity contribution in [3.63, 3.8) is 0 Å². The molecule has 0 aliphatic heterocycles. The Morgan fingerprint density at radius 2 is 1.84 bits per heavy atom. The topological polar surface area (TPSA) is 66.9 Å². The van der Waals surface area contributed by atoms with Crippen molar-refractivity contribution in [2.75, 3.05) is 5.32 Å². The molecule has 0 atom stereocenters. The van der Waals surface area contributed by atoms with Crippen LogP contribution < -0.4 is 10.6 Å². The van der Waals surface area contributed by atoms with Gasteiger partial charge in [-0.25, -0.2) is 4.98 Å². The Labute approximate surface area is 155 Å². The smallest absolute Gasteiger partial charge is 0.251 e. The van der Waals surface area contributed by atoms with E-state index in [0.717, 1.165) is 5.56 Å². The molecule has 0 saturated heterocycles. The summed E-state index contributed by atoms with van der Waals surface area (Å²) in [6.07, 6.45) is 4.96. The predicted octanol–water partition coefficient (Wildman–Crippen LogP) is 4.46. The van der Waals surface area contributed by atoms with Crippen LogP contribution in [-0.2, 0) is 6.54 Å². The van der Waals surface area contributed by atoms with Crippen molar-refractivity contribution in [3.8, 4) is 0 Å². The standard InChI is InChI=1S/C18H14Cl2N4O/c19-14-7-15(20)9-16(8-14)24-17-6-13(3-5-22-17)18(25)23-11-12-2-1-4-21-10-12/h1-10H,11H2,(H,22,24)(H,23,25). The van der Waals surface area contributed by atoms with Crippen molar-refractivity contribution in [1.29, 1.82) is 0 Å².